The highest BCUT2D eigenvalue weighted by Gasteiger charge is 2.02. The van der Waals surface area contributed by atoms with E-state index in [-0.39, 0.29) is 0 Å². The summed E-state index contributed by atoms with van der Waals surface area (Å²) in [5, 5.41) is 6.69. The first kappa shape index (κ1) is 21.5. The zero-order valence-electron chi connectivity index (χ0n) is 16.4. The van der Waals surface area contributed by atoms with Gasteiger partial charge in [0.05, 0.1) is 6.26 Å². The van der Waals surface area contributed by atoms with Gasteiger partial charge in [0.15, 0.2) is 5.96 Å². The molecule has 0 amide bonds. The van der Waals surface area contributed by atoms with Crippen LogP contribution in [-0.4, -0.2) is 56.7 Å². The summed E-state index contributed by atoms with van der Waals surface area (Å²) >= 11 is 0. The second-order valence-corrected chi connectivity index (χ2v) is 6.45. The van der Waals surface area contributed by atoms with Crippen molar-refractivity contribution in [3.05, 3.63) is 24.2 Å². The molecule has 0 fully saturated rings. The van der Waals surface area contributed by atoms with Crippen molar-refractivity contribution >= 4 is 5.96 Å². The van der Waals surface area contributed by atoms with Gasteiger partial charge >= 0.3 is 0 Å². The molecule has 0 radical (unpaired) electrons. The zero-order valence-corrected chi connectivity index (χ0v) is 16.4. The Balaban J connectivity index is 2.09. The fourth-order valence-corrected chi connectivity index (χ4v) is 2.22. The molecule has 1 heterocycles. The second-order valence-electron chi connectivity index (χ2n) is 6.45. The molecule has 0 aromatic carbocycles. The number of hydrogen-bond acceptors (Lipinski definition) is 4. The molecule has 1 rings (SSSR count). The molecule has 1 aromatic heterocycles. The van der Waals surface area contributed by atoms with Crippen molar-refractivity contribution in [3.8, 4) is 0 Å². The van der Waals surface area contributed by atoms with Crippen LogP contribution in [0.4, 0.5) is 0 Å². The molecule has 2 N–H and O–H groups in total. The molecule has 1 aromatic rings. The molecular weight excluding hydrogens is 316 g/mol. The predicted octanol–water partition coefficient (Wildman–Crippen LogP) is 2.86. The van der Waals surface area contributed by atoms with E-state index in [1.54, 1.807) is 6.26 Å². The summed E-state index contributed by atoms with van der Waals surface area (Å²) in [6, 6.07) is 4.41. The summed E-state index contributed by atoms with van der Waals surface area (Å²) in [7, 11) is 2.18. The maximum atomic E-state index is 5.57. The van der Waals surface area contributed by atoms with Crippen molar-refractivity contribution in [3.63, 3.8) is 0 Å². The van der Waals surface area contributed by atoms with Crippen molar-refractivity contribution in [1.82, 2.24) is 15.5 Å². The molecule has 0 aliphatic carbocycles. The largest absolute Gasteiger partial charge is 0.467 e. The van der Waals surface area contributed by atoms with Gasteiger partial charge < -0.3 is 24.7 Å². The summed E-state index contributed by atoms with van der Waals surface area (Å²) < 4.78 is 10.8. The van der Waals surface area contributed by atoms with Gasteiger partial charge in [0.1, 0.15) is 12.4 Å². The fraction of sp³-hybridized carbons (Fsp3) is 0.737. The number of ether oxygens (including phenoxy) is 1. The fourth-order valence-electron chi connectivity index (χ4n) is 2.22. The lowest BCUT2D eigenvalue weighted by molar-refractivity contribution is 0.105. The lowest BCUT2D eigenvalue weighted by Crippen LogP contribution is -2.38. The quantitative estimate of drug-likeness (QED) is 0.325. The van der Waals surface area contributed by atoms with Gasteiger partial charge in [-0.05, 0) is 65.8 Å². The molecule has 0 unspecified atom stereocenters. The predicted molar refractivity (Wildman–Crippen MR) is 104 cm³/mol. The summed E-state index contributed by atoms with van der Waals surface area (Å²) in [6.45, 7) is 11.5. The molecule has 0 spiro atoms. The van der Waals surface area contributed by atoms with Crippen LogP contribution in [0.2, 0.25) is 0 Å². The maximum absolute atomic E-state index is 5.57. The van der Waals surface area contributed by atoms with Crippen LogP contribution in [0.25, 0.3) is 0 Å². The third-order valence-electron chi connectivity index (χ3n) is 4.00. The lowest BCUT2D eigenvalue weighted by atomic mass is 10.2. The Morgan fingerprint density at radius 2 is 2.12 bits per heavy atom. The summed E-state index contributed by atoms with van der Waals surface area (Å²) in [5.74, 6) is 1.76. The van der Waals surface area contributed by atoms with Crippen molar-refractivity contribution in [2.24, 2.45) is 4.99 Å². The highest BCUT2D eigenvalue weighted by atomic mass is 16.5. The summed E-state index contributed by atoms with van der Waals surface area (Å²) in [5.41, 5.74) is 0. The van der Waals surface area contributed by atoms with Crippen LogP contribution in [0, 0.1) is 0 Å². The topological polar surface area (TPSA) is 62.0 Å². The number of hydrogen-bond donors (Lipinski definition) is 2. The molecule has 0 aliphatic heterocycles. The van der Waals surface area contributed by atoms with Gasteiger partial charge in [-0.1, -0.05) is 0 Å². The first-order chi connectivity index (χ1) is 12.1. The van der Waals surface area contributed by atoms with Crippen LogP contribution < -0.4 is 10.6 Å². The minimum atomic E-state index is 0.528. The first-order valence-electron chi connectivity index (χ1n) is 9.46. The molecule has 6 nitrogen and oxygen atoms in total. The molecule has 144 valence electrons. The Labute approximate surface area is 153 Å². The average Bonchev–Trinajstić information content (AvgIpc) is 3.10. The van der Waals surface area contributed by atoms with E-state index in [1.807, 2.05) is 12.1 Å². The van der Waals surface area contributed by atoms with Gasteiger partial charge in [0.25, 0.3) is 0 Å². The Morgan fingerprint density at radius 3 is 2.80 bits per heavy atom. The van der Waals surface area contributed by atoms with Crippen LogP contribution in [0.3, 0.4) is 0 Å². The molecule has 0 bridgehead atoms. The molecule has 6 heteroatoms. The number of rotatable bonds is 13. The Hall–Kier alpha value is -1.53. The van der Waals surface area contributed by atoms with E-state index in [0.717, 1.165) is 50.7 Å². The number of furan rings is 1. The number of guanidine groups is 1. The van der Waals surface area contributed by atoms with Crippen LogP contribution in [0.15, 0.2) is 27.8 Å². The lowest BCUT2D eigenvalue weighted by Gasteiger charge is -2.20. The highest BCUT2D eigenvalue weighted by Crippen LogP contribution is 2.02. The van der Waals surface area contributed by atoms with Crippen molar-refractivity contribution in [2.45, 2.75) is 52.7 Å². The van der Waals surface area contributed by atoms with Gasteiger partial charge in [-0.3, -0.25) is 4.99 Å². The van der Waals surface area contributed by atoms with Crippen molar-refractivity contribution < 1.29 is 9.15 Å². The SMILES string of the molecule is CCNC(=NCCCOCc1ccco1)NCCCCN(C)C(C)C. The normalized spacial score (nSPS) is 12.2. The van der Waals surface area contributed by atoms with Gasteiger partial charge in [-0.25, -0.2) is 0 Å². The summed E-state index contributed by atoms with van der Waals surface area (Å²) in [4.78, 5) is 6.97. The standard InChI is InChI=1S/C19H36N4O2/c1-5-20-19(21-11-6-7-13-23(4)17(2)3)22-12-9-14-24-16-18-10-8-15-25-18/h8,10,15,17H,5-7,9,11-14,16H2,1-4H3,(H2,20,21,22). The van der Waals surface area contributed by atoms with E-state index in [0.29, 0.717) is 19.3 Å². The third kappa shape index (κ3) is 10.8. The van der Waals surface area contributed by atoms with Crippen molar-refractivity contribution in [1.29, 1.82) is 0 Å². The van der Waals surface area contributed by atoms with E-state index in [4.69, 9.17) is 9.15 Å². The minimum absolute atomic E-state index is 0.528. The van der Waals surface area contributed by atoms with Crippen LogP contribution in [0.1, 0.15) is 45.8 Å². The van der Waals surface area contributed by atoms with Gasteiger partial charge in [0.2, 0.25) is 0 Å². The smallest absolute Gasteiger partial charge is 0.191 e. The Bertz CT molecular complexity index is 446. The van der Waals surface area contributed by atoms with E-state index < -0.39 is 0 Å². The monoisotopic (exact) mass is 352 g/mol. The van der Waals surface area contributed by atoms with E-state index >= 15 is 0 Å². The maximum Gasteiger partial charge on any atom is 0.191 e. The molecule has 0 saturated carbocycles. The number of nitrogens with zero attached hydrogens (tertiary/aromatic N) is 2. The minimum Gasteiger partial charge on any atom is -0.467 e. The van der Waals surface area contributed by atoms with Gasteiger partial charge in [-0.2, -0.15) is 0 Å². The van der Waals surface area contributed by atoms with Crippen LogP contribution in [0.5, 0.6) is 0 Å². The van der Waals surface area contributed by atoms with Crippen LogP contribution in [-0.2, 0) is 11.3 Å². The van der Waals surface area contributed by atoms with Gasteiger partial charge in [0, 0.05) is 32.3 Å². The number of aliphatic imine (C=N–C) groups is 1. The van der Waals surface area contributed by atoms with Gasteiger partial charge in [-0.15, -0.1) is 0 Å². The van der Waals surface area contributed by atoms with E-state index in [1.165, 1.54) is 6.42 Å². The number of unbranched alkanes of at least 4 members (excludes halogenated alkanes) is 1. The molecular formula is C19H36N4O2. The summed E-state index contributed by atoms with van der Waals surface area (Å²) in [6.07, 6.45) is 4.91. The Morgan fingerprint density at radius 1 is 1.28 bits per heavy atom. The second kappa shape index (κ2) is 13.7. The average molecular weight is 353 g/mol. The Kier molecular flexibility index (Phi) is 11.8. The first-order valence-corrected chi connectivity index (χ1v) is 9.46. The highest BCUT2D eigenvalue weighted by molar-refractivity contribution is 5.79. The molecule has 25 heavy (non-hydrogen) atoms. The van der Waals surface area contributed by atoms with E-state index in [2.05, 4.69) is 48.3 Å². The van der Waals surface area contributed by atoms with Crippen molar-refractivity contribution in [2.75, 3.05) is 39.8 Å². The third-order valence-corrected chi connectivity index (χ3v) is 4.00. The zero-order chi connectivity index (χ0) is 18.3. The molecule has 0 saturated heterocycles. The van der Waals surface area contributed by atoms with Crippen LogP contribution >= 0.6 is 0 Å². The molecule has 0 aliphatic rings. The number of nitrogens with one attached hydrogen (secondary N) is 2. The van der Waals surface area contributed by atoms with E-state index in [9.17, 15) is 0 Å². The molecule has 0 atom stereocenters.